The maximum absolute atomic E-state index is 12.6. The van der Waals surface area contributed by atoms with Crippen LogP contribution in [0.1, 0.15) is 60.5 Å². The van der Waals surface area contributed by atoms with Crippen molar-refractivity contribution in [1.29, 1.82) is 0 Å². The molecule has 3 N–H and O–H groups in total. The van der Waals surface area contributed by atoms with Gasteiger partial charge >= 0.3 is 0 Å². The Morgan fingerprint density at radius 3 is 2.48 bits per heavy atom. The molecule has 8 heteroatoms. The van der Waals surface area contributed by atoms with Crippen molar-refractivity contribution in [1.82, 2.24) is 15.3 Å². The van der Waals surface area contributed by atoms with Crippen molar-refractivity contribution in [3.8, 4) is 5.75 Å². The number of nitrogens with zero attached hydrogens (tertiary/aromatic N) is 3. The first-order valence-electron chi connectivity index (χ1n) is 11.9. The Balaban J connectivity index is 1.41. The largest absolute Gasteiger partial charge is 0.494 e. The number of carbonyl (C=O) groups excluding carboxylic acids is 1. The zero-order chi connectivity index (χ0) is 23.8. The van der Waals surface area contributed by atoms with Gasteiger partial charge < -0.3 is 20.7 Å². The third kappa shape index (κ3) is 7.30. The van der Waals surface area contributed by atoms with Crippen molar-refractivity contribution in [3.05, 3.63) is 46.2 Å². The first-order valence-corrected chi connectivity index (χ1v) is 12.3. The van der Waals surface area contributed by atoms with Gasteiger partial charge in [0.2, 0.25) is 5.95 Å². The zero-order valence-electron chi connectivity index (χ0n) is 19.9. The third-order valence-corrected chi connectivity index (χ3v) is 6.51. The number of nitrogens with one attached hydrogen (secondary N) is 1. The number of hydrogen-bond acceptors (Lipinski definition) is 6. The number of anilines is 1. The lowest BCUT2D eigenvalue weighted by atomic mass is 9.92. The van der Waals surface area contributed by atoms with Gasteiger partial charge in [-0.2, -0.15) is 0 Å². The summed E-state index contributed by atoms with van der Waals surface area (Å²) in [6, 6.07) is 3.88. The van der Waals surface area contributed by atoms with Crippen LogP contribution < -0.4 is 20.7 Å². The maximum atomic E-state index is 12.6. The Hall–Kier alpha value is -2.38. The molecule has 0 bridgehead atoms. The number of carbonyl (C=O) groups is 1. The Labute approximate surface area is 202 Å². The van der Waals surface area contributed by atoms with E-state index in [2.05, 4.69) is 20.2 Å². The summed E-state index contributed by atoms with van der Waals surface area (Å²) in [6.07, 6.45) is 8.56. The van der Waals surface area contributed by atoms with Gasteiger partial charge in [0.1, 0.15) is 5.75 Å². The van der Waals surface area contributed by atoms with Crippen LogP contribution in [-0.2, 0) is 0 Å². The lowest BCUT2D eigenvalue weighted by Crippen LogP contribution is -2.37. The molecule has 0 spiro atoms. The van der Waals surface area contributed by atoms with E-state index in [0.717, 1.165) is 68.0 Å². The summed E-state index contributed by atoms with van der Waals surface area (Å²) in [5, 5.41) is 3.50. The van der Waals surface area contributed by atoms with Crippen LogP contribution in [0, 0.1) is 19.8 Å². The van der Waals surface area contributed by atoms with Crippen LogP contribution in [-0.4, -0.2) is 48.2 Å². The van der Waals surface area contributed by atoms with E-state index in [4.69, 9.17) is 22.1 Å². The molecule has 1 aromatic carbocycles. The predicted octanol–water partition coefficient (Wildman–Crippen LogP) is 4.29. The summed E-state index contributed by atoms with van der Waals surface area (Å²) in [4.78, 5) is 23.4. The molecule has 1 amide bonds. The summed E-state index contributed by atoms with van der Waals surface area (Å²) in [5.41, 5.74) is 8.46. The molecule has 0 aliphatic carbocycles. The fourth-order valence-electron chi connectivity index (χ4n) is 4.27. The highest BCUT2D eigenvalue weighted by Gasteiger charge is 2.21. The van der Waals surface area contributed by atoms with E-state index in [-0.39, 0.29) is 11.9 Å². The summed E-state index contributed by atoms with van der Waals surface area (Å²) in [6.45, 7) is 9.02. The highest BCUT2D eigenvalue weighted by Crippen LogP contribution is 2.26. The highest BCUT2D eigenvalue weighted by atomic mass is 35.5. The van der Waals surface area contributed by atoms with Crippen molar-refractivity contribution in [2.45, 2.75) is 58.9 Å². The van der Waals surface area contributed by atoms with Gasteiger partial charge in [0.05, 0.1) is 24.0 Å². The average Bonchev–Trinajstić information content (AvgIpc) is 2.81. The zero-order valence-corrected chi connectivity index (χ0v) is 20.7. The number of hydrogen-bond donors (Lipinski definition) is 2. The average molecular weight is 474 g/mol. The number of rotatable bonds is 10. The van der Waals surface area contributed by atoms with Crippen LogP contribution in [0.25, 0.3) is 0 Å². The van der Waals surface area contributed by atoms with E-state index in [1.54, 1.807) is 12.4 Å². The minimum atomic E-state index is -0.0733. The monoisotopic (exact) mass is 473 g/mol. The molecule has 1 aromatic heterocycles. The number of nitrogens with two attached hydrogens (primary N) is 1. The van der Waals surface area contributed by atoms with Gasteiger partial charge in [-0.3, -0.25) is 4.79 Å². The molecule has 33 heavy (non-hydrogen) atoms. The van der Waals surface area contributed by atoms with Crippen molar-refractivity contribution in [2.24, 2.45) is 11.7 Å². The number of amides is 1. The highest BCUT2D eigenvalue weighted by molar-refractivity contribution is 6.30. The molecule has 1 aliphatic heterocycles. The SMILES string of the molecule is CCC(N)CNC(=O)c1c(C)cc(OCCCC2CCN(c3ncc(Cl)cn3)CC2)cc1C. The van der Waals surface area contributed by atoms with Gasteiger partial charge in [-0.15, -0.1) is 0 Å². The summed E-state index contributed by atoms with van der Waals surface area (Å²) < 4.78 is 6.02. The van der Waals surface area contributed by atoms with Crippen molar-refractivity contribution < 1.29 is 9.53 Å². The van der Waals surface area contributed by atoms with E-state index in [9.17, 15) is 4.79 Å². The summed E-state index contributed by atoms with van der Waals surface area (Å²) in [5.74, 6) is 2.20. The van der Waals surface area contributed by atoms with Gasteiger partial charge in [-0.25, -0.2) is 9.97 Å². The lowest BCUT2D eigenvalue weighted by molar-refractivity contribution is 0.0949. The molecule has 1 aliphatic rings. The molecule has 3 rings (SSSR count). The minimum absolute atomic E-state index is 0.0184. The molecule has 2 heterocycles. The molecule has 1 saturated heterocycles. The number of ether oxygens (including phenoxy) is 1. The van der Waals surface area contributed by atoms with Crippen LogP contribution in [0.15, 0.2) is 24.5 Å². The van der Waals surface area contributed by atoms with Crippen molar-refractivity contribution >= 4 is 23.5 Å². The van der Waals surface area contributed by atoms with Crippen LogP contribution >= 0.6 is 11.6 Å². The van der Waals surface area contributed by atoms with Crippen LogP contribution in [0.4, 0.5) is 5.95 Å². The first-order chi connectivity index (χ1) is 15.9. The molecule has 7 nitrogen and oxygen atoms in total. The Morgan fingerprint density at radius 2 is 1.88 bits per heavy atom. The normalized spacial score (nSPS) is 15.4. The molecule has 0 saturated carbocycles. The second-order valence-corrected chi connectivity index (χ2v) is 9.37. The van der Waals surface area contributed by atoms with E-state index in [1.807, 2.05) is 32.9 Å². The van der Waals surface area contributed by atoms with Crippen LogP contribution in [0.3, 0.4) is 0 Å². The standard InChI is InChI=1S/C25H36ClN5O2/c1-4-21(27)16-28-24(32)23-17(2)12-22(13-18(23)3)33-11-5-6-19-7-9-31(10-8-19)25-29-14-20(26)15-30-25/h12-15,19,21H,4-11,16,27H2,1-3H3,(H,28,32). The van der Waals surface area contributed by atoms with Crippen molar-refractivity contribution in [3.63, 3.8) is 0 Å². The smallest absolute Gasteiger partial charge is 0.251 e. The van der Waals surface area contributed by atoms with Gasteiger partial charge in [-0.05, 0) is 75.1 Å². The molecular weight excluding hydrogens is 438 g/mol. The van der Waals surface area contributed by atoms with E-state index < -0.39 is 0 Å². The number of benzene rings is 1. The predicted molar refractivity (Wildman–Crippen MR) is 133 cm³/mol. The topological polar surface area (TPSA) is 93.4 Å². The van der Waals surface area contributed by atoms with E-state index in [1.165, 1.54) is 0 Å². The number of aryl methyl sites for hydroxylation is 2. The molecule has 1 unspecified atom stereocenters. The fraction of sp³-hybridized carbons (Fsp3) is 0.560. The van der Waals surface area contributed by atoms with E-state index in [0.29, 0.717) is 29.7 Å². The number of aromatic nitrogens is 2. The summed E-state index contributed by atoms with van der Waals surface area (Å²) >= 11 is 5.88. The van der Waals surface area contributed by atoms with Crippen LogP contribution in [0.2, 0.25) is 5.02 Å². The van der Waals surface area contributed by atoms with Crippen LogP contribution in [0.5, 0.6) is 5.75 Å². The maximum Gasteiger partial charge on any atom is 0.251 e. The lowest BCUT2D eigenvalue weighted by Gasteiger charge is -2.32. The fourth-order valence-corrected chi connectivity index (χ4v) is 4.37. The molecule has 1 fully saturated rings. The van der Waals surface area contributed by atoms with E-state index >= 15 is 0 Å². The molecule has 2 aromatic rings. The summed E-state index contributed by atoms with van der Waals surface area (Å²) in [7, 11) is 0. The number of halogens is 1. The van der Waals surface area contributed by atoms with Crippen molar-refractivity contribution in [2.75, 3.05) is 31.1 Å². The second kappa shape index (κ2) is 12.2. The Bertz CT molecular complexity index is 891. The van der Waals surface area contributed by atoms with Gasteiger partial charge in [0, 0.05) is 31.2 Å². The minimum Gasteiger partial charge on any atom is -0.494 e. The van der Waals surface area contributed by atoms with Gasteiger partial charge in [0.15, 0.2) is 0 Å². The third-order valence-electron chi connectivity index (χ3n) is 6.31. The molecular formula is C25H36ClN5O2. The number of piperidine rings is 1. The first kappa shape index (κ1) is 25.2. The Morgan fingerprint density at radius 1 is 1.24 bits per heavy atom. The Kier molecular flexibility index (Phi) is 9.32. The molecule has 180 valence electrons. The van der Waals surface area contributed by atoms with Gasteiger partial charge in [0.25, 0.3) is 5.91 Å². The quantitative estimate of drug-likeness (QED) is 0.500. The molecule has 1 atom stereocenters. The molecule has 0 radical (unpaired) electrons. The second-order valence-electron chi connectivity index (χ2n) is 8.93. The van der Waals surface area contributed by atoms with Gasteiger partial charge in [-0.1, -0.05) is 18.5 Å².